The summed E-state index contributed by atoms with van der Waals surface area (Å²) in [5.74, 6) is -0.360. The van der Waals surface area contributed by atoms with Crippen LogP contribution in [0.4, 0.5) is 0 Å². The average Bonchev–Trinajstić information content (AvgIpc) is 2.26. The van der Waals surface area contributed by atoms with Gasteiger partial charge in [-0.3, -0.25) is 4.79 Å². The molecule has 3 heteroatoms. The molecule has 0 radical (unpaired) electrons. The lowest BCUT2D eigenvalue weighted by molar-refractivity contribution is -0.147. The minimum Gasteiger partial charge on any atom is -0.457 e. The van der Waals surface area contributed by atoms with Gasteiger partial charge in [-0.1, -0.05) is 37.3 Å². The Labute approximate surface area is 83.9 Å². The molecule has 0 aliphatic carbocycles. The van der Waals surface area contributed by atoms with Crippen LogP contribution in [0.5, 0.6) is 0 Å². The van der Waals surface area contributed by atoms with E-state index in [0.717, 1.165) is 12.0 Å². The Morgan fingerprint density at radius 1 is 1.43 bits per heavy atom. The highest BCUT2D eigenvalue weighted by molar-refractivity contribution is 5.71. The normalized spacial score (nSPS) is 12.1. The van der Waals surface area contributed by atoms with Crippen LogP contribution in [0.3, 0.4) is 0 Å². The van der Waals surface area contributed by atoms with Crippen molar-refractivity contribution in [3.63, 3.8) is 0 Å². The van der Waals surface area contributed by atoms with Crippen LogP contribution >= 0.6 is 0 Å². The van der Waals surface area contributed by atoms with Crippen molar-refractivity contribution in [3.8, 4) is 0 Å². The van der Waals surface area contributed by atoms with Crippen LogP contribution in [0.2, 0.25) is 0 Å². The molecule has 0 bridgehead atoms. The van der Waals surface area contributed by atoms with Gasteiger partial charge in [-0.05, 0) is 12.0 Å². The second kappa shape index (κ2) is 5.40. The van der Waals surface area contributed by atoms with Crippen LogP contribution in [0.25, 0.3) is 0 Å². The molecule has 2 N–H and O–H groups in total. The van der Waals surface area contributed by atoms with Crippen LogP contribution in [-0.4, -0.2) is 12.5 Å². The zero-order valence-corrected chi connectivity index (χ0v) is 8.27. The summed E-state index contributed by atoms with van der Waals surface area (Å²) in [4.78, 5) is 11.0. The third kappa shape index (κ3) is 2.85. The highest BCUT2D eigenvalue weighted by Crippen LogP contribution is 2.20. The molecule has 0 aromatic heterocycles. The molecule has 0 saturated heterocycles. The summed E-state index contributed by atoms with van der Waals surface area (Å²) in [7, 11) is 0. The molecule has 3 nitrogen and oxygen atoms in total. The Kier molecular flexibility index (Phi) is 4.13. The first-order chi connectivity index (χ1) is 6.77. The number of esters is 1. The molecule has 1 rings (SSSR count). The van der Waals surface area contributed by atoms with Gasteiger partial charge in [0.25, 0.3) is 0 Å². The molecule has 0 saturated carbocycles. The van der Waals surface area contributed by atoms with Gasteiger partial charge in [-0.25, -0.2) is 0 Å². The molecule has 1 aromatic carbocycles. The molecule has 1 unspecified atom stereocenters. The van der Waals surface area contributed by atoms with Crippen molar-refractivity contribution in [1.29, 1.82) is 0 Å². The number of hydrogen-bond donors (Lipinski definition) is 1. The standard InChI is InChI=1S/C11H15NO2/c1-2-10(14-11(13)8-12)9-6-4-3-5-7-9/h3-7,10H,2,8,12H2,1H3. The first kappa shape index (κ1) is 10.7. The fourth-order valence-electron chi connectivity index (χ4n) is 1.26. The van der Waals surface area contributed by atoms with E-state index in [0.29, 0.717) is 0 Å². The average molecular weight is 193 g/mol. The summed E-state index contributed by atoms with van der Waals surface area (Å²) in [5, 5.41) is 0. The summed E-state index contributed by atoms with van der Waals surface area (Å²) >= 11 is 0. The summed E-state index contributed by atoms with van der Waals surface area (Å²) in [5.41, 5.74) is 6.19. The first-order valence-electron chi connectivity index (χ1n) is 4.72. The van der Waals surface area contributed by atoms with E-state index in [1.165, 1.54) is 0 Å². The Bertz CT molecular complexity index is 285. The van der Waals surface area contributed by atoms with Gasteiger partial charge in [-0.2, -0.15) is 0 Å². The van der Waals surface area contributed by atoms with Crippen LogP contribution in [-0.2, 0) is 9.53 Å². The van der Waals surface area contributed by atoms with Crippen molar-refractivity contribution in [2.75, 3.05) is 6.54 Å². The Morgan fingerprint density at radius 3 is 2.57 bits per heavy atom. The van der Waals surface area contributed by atoms with Crippen molar-refractivity contribution in [2.24, 2.45) is 5.73 Å². The Balaban J connectivity index is 2.68. The lowest BCUT2D eigenvalue weighted by Gasteiger charge is -2.15. The van der Waals surface area contributed by atoms with E-state index in [2.05, 4.69) is 0 Å². The quantitative estimate of drug-likeness (QED) is 0.739. The molecule has 0 spiro atoms. The third-order valence-electron chi connectivity index (χ3n) is 1.98. The van der Waals surface area contributed by atoms with Gasteiger partial charge in [0.1, 0.15) is 6.10 Å². The second-order valence-electron chi connectivity index (χ2n) is 3.00. The monoisotopic (exact) mass is 193 g/mol. The second-order valence-corrected chi connectivity index (χ2v) is 3.00. The van der Waals surface area contributed by atoms with Gasteiger partial charge in [0.05, 0.1) is 6.54 Å². The molecule has 76 valence electrons. The molecule has 14 heavy (non-hydrogen) atoms. The molecular weight excluding hydrogens is 178 g/mol. The van der Waals surface area contributed by atoms with E-state index in [9.17, 15) is 4.79 Å². The van der Waals surface area contributed by atoms with Crippen molar-refractivity contribution in [1.82, 2.24) is 0 Å². The molecule has 0 aliphatic rings. The van der Waals surface area contributed by atoms with E-state index >= 15 is 0 Å². The molecule has 0 amide bonds. The maximum atomic E-state index is 11.0. The van der Waals surface area contributed by atoms with Crippen molar-refractivity contribution >= 4 is 5.97 Å². The van der Waals surface area contributed by atoms with Gasteiger partial charge >= 0.3 is 5.97 Å². The predicted octanol–water partition coefficient (Wildman–Crippen LogP) is 1.64. The number of nitrogens with two attached hydrogens (primary N) is 1. The lowest BCUT2D eigenvalue weighted by atomic mass is 10.1. The number of carbonyl (C=O) groups is 1. The summed E-state index contributed by atoms with van der Waals surface area (Å²) < 4.78 is 5.17. The van der Waals surface area contributed by atoms with Crippen molar-refractivity contribution in [2.45, 2.75) is 19.4 Å². The summed E-state index contributed by atoms with van der Waals surface area (Å²) in [6.07, 6.45) is 0.586. The van der Waals surface area contributed by atoms with Gasteiger partial charge in [0, 0.05) is 0 Å². The lowest BCUT2D eigenvalue weighted by Crippen LogP contribution is -2.19. The minimum absolute atomic E-state index is 0.0661. The summed E-state index contributed by atoms with van der Waals surface area (Å²) in [6, 6.07) is 9.67. The maximum Gasteiger partial charge on any atom is 0.320 e. The molecule has 0 heterocycles. The van der Waals surface area contributed by atoms with Crippen molar-refractivity contribution < 1.29 is 9.53 Å². The zero-order valence-electron chi connectivity index (χ0n) is 8.27. The van der Waals surface area contributed by atoms with E-state index < -0.39 is 0 Å². The molecule has 0 aliphatic heterocycles. The topological polar surface area (TPSA) is 52.3 Å². The molecule has 0 fully saturated rings. The van der Waals surface area contributed by atoms with Crippen LogP contribution in [0.15, 0.2) is 30.3 Å². The maximum absolute atomic E-state index is 11.0. The SMILES string of the molecule is CCC(OC(=O)CN)c1ccccc1. The zero-order chi connectivity index (χ0) is 10.4. The number of benzene rings is 1. The number of carbonyl (C=O) groups excluding carboxylic acids is 1. The van der Waals surface area contributed by atoms with Gasteiger partial charge in [-0.15, -0.1) is 0 Å². The number of rotatable bonds is 4. The van der Waals surface area contributed by atoms with Crippen LogP contribution in [0.1, 0.15) is 25.0 Å². The van der Waals surface area contributed by atoms with E-state index in [1.54, 1.807) is 0 Å². The fraction of sp³-hybridized carbons (Fsp3) is 0.364. The molecule has 1 aromatic rings. The van der Waals surface area contributed by atoms with Crippen LogP contribution < -0.4 is 5.73 Å². The van der Waals surface area contributed by atoms with E-state index in [1.807, 2.05) is 37.3 Å². The highest BCUT2D eigenvalue weighted by atomic mass is 16.5. The largest absolute Gasteiger partial charge is 0.457 e. The number of hydrogen-bond acceptors (Lipinski definition) is 3. The third-order valence-corrected chi connectivity index (χ3v) is 1.98. The van der Waals surface area contributed by atoms with Crippen molar-refractivity contribution in [3.05, 3.63) is 35.9 Å². The van der Waals surface area contributed by atoms with Gasteiger partial charge in [0.15, 0.2) is 0 Å². The predicted molar refractivity (Wildman–Crippen MR) is 54.6 cm³/mol. The first-order valence-corrected chi connectivity index (χ1v) is 4.72. The fourth-order valence-corrected chi connectivity index (χ4v) is 1.26. The van der Waals surface area contributed by atoms with Gasteiger partial charge in [0.2, 0.25) is 0 Å². The smallest absolute Gasteiger partial charge is 0.320 e. The summed E-state index contributed by atoms with van der Waals surface area (Å²) in [6.45, 7) is 1.91. The van der Waals surface area contributed by atoms with E-state index in [-0.39, 0.29) is 18.6 Å². The molecule has 1 atom stereocenters. The van der Waals surface area contributed by atoms with Gasteiger partial charge < -0.3 is 10.5 Å². The van der Waals surface area contributed by atoms with E-state index in [4.69, 9.17) is 10.5 Å². The highest BCUT2D eigenvalue weighted by Gasteiger charge is 2.12. The Hall–Kier alpha value is -1.35. The molecular formula is C11H15NO2. The number of ether oxygens (including phenoxy) is 1. The minimum atomic E-state index is -0.360. The van der Waals surface area contributed by atoms with Crippen LogP contribution in [0, 0.1) is 0 Å². The Morgan fingerprint density at radius 2 is 2.07 bits per heavy atom.